The van der Waals surface area contributed by atoms with Crippen LogP contribution in [0, 0.1) is 0 Å². The van der Waals surface area contributed by atoms with Crippen LogP contribution in [0.1, 0.15) is 6.42 Å². The number of nitrogens with one attached hydrogen (secondary N) is 1. The molecule has 1 aliphatic rings. The van der Waals surface area contributed by atoms with Crippen molar-refractivity contribution in [3.8, 4) is 5.75 Å². The van der Waals surface area contributed by atoms with Gasteiger partial charge in [-0.25, -0.2) is 9.67 Å². The van der Waals surface area contributed by atoms with Crippen molar-refractivity contribution in [3.05, 3.63) is 30.5 Å². The third-order valence-electron chi connectivity index (χ3n) is 4.70. The standard InChI is InChI=1S/C19H25N7O2/c1-25-19(23-18(20)24-25)22-7-3-11-28-16-5-2-4-15-14(16)6-8-21-17(15)26-9-12-27-13-10-26/h2,4-6,8H,3,7,9-13H2,1H3,(H3,20,22,23,24). The fourth-order valence-corrected chi connectivity index (χ4v) is 3.33. The van der Waals surface area contributed by atoms with Crippen molar-refractivity contribution < 1.29 is 9.47 Å². The van der Waals surface area contributed by atoms with Crippen LogP contribution in [0.4, 0.5) is 17.7 Å². The zero-order valence-corrected chi connectivity index (χ0v) is 16.0. The van der Waals surface area contributed by atoms with E-state index < -0.39 is 0 Å². The number of ether oxygens (including phenoxy) is 2. The molecule has 0 aliphatic carbocycles. The molecule has 148 valence electrons. The van der Waals surface area contributed by atoms with E-state index in [1.807, 2.05) is 24.4 Å². The van der Waals surface area contributed by atoms with Gasteiger partial charge in [0.25, 0.3) is 0 Å². The number of benzene rings is 1. The average Bonchev–Trinajstić information content (AvgIpc) is 3.05. The van der Waals surface area contributed by atoms with E-state index in [9.17, 15) is 0 Å². The number of nitrogen functional groups attached to an aromatic ring is 1. The molecule has 1 aromatic carbocycles. The van der Waals surface area contributed by atoms with Crippen molar-refractivity contribution in [3.63, 3.8) is 0 Å². The molecule has 3 heterocycles. The molecular formula is C19H25N7O2. The number of nitrogens with two attached hydrogens (primary N) is 1. The summed E-state index contributed by atoms with van der Waals surface area (Å²) in [6.45, 7) is 4.49. The van der Waals surface area contributed by atoms with Gasteiger partial charge in [0.1, 0.15) is 11.6 Å². The maximum Gasteiger partial charge on any atom is 0.241 e. The van der Waals surface area contributed by atoms with Crippen LogP contribution in [0.15, 0.2) is 30.5 Å². The third-order valence-corrected chi connectivity index (χ3v) is 4.70. The topological polar surface area (TPSA) is 103 Å². The summed E-state index contributed by atoms with van der Waals surface area (Å²) in [6, 6.07) is 8.13. The van der Waals surface area contributed by atoms with Gasteiger partial charge in [-0.1, -0.05) is 12.1 Å². The lowest BCUT2D eigenvalue weighted by molar-refractivity contribution is 0.122. The Morgan fingerprint density at radius 1 is 1.21 bits per heavy atom. The Bertz CT molecular complexity index is 937. The van der Waals surface area contributed by atoms with Crippen LogP contribution in [-0.4, -0.2) is 59.2 Å². The van der Waals surface area contributed by atoms with Crippen LogP contribution in [0.5, 0.6) is 5.75 Å². The summed E-state index contributed by atoms with van der Waals surface area (Å²) in [5.41, 5.74) is 5.58. The van der Waals surface area contributed by atoms with Crippen molar-refractivity contribution in [1.82, 2.24) is 19.7 Å². The fourth-order valence-electron chi connectivity index (χ4n) is 3.33. The number of hydrogen-bond donors (Lipinski definition) is 2. The van der Waals surface area contributed by atoms with Gasteiger partial charge in [0.15, 0.2) is 0 Å². The quantitative estimate of drug-likeness (QED) is 0.594. The Kier molecular flexibility index (Phi) is 5.43. The first kappa shape index (κ1) is 18.3. The van der Waals surface area contributed by atoms with E-state index in [1.54, 1.807) is 11.7 Å². The summed E-state index contributed by atoms with van der Waals surface area (Å²) in [5.74, 6) is 2.79. The lowest BCUT2D eigenvalue weighted by Gasteiger charge is -2.28. The number of pyridine rings is 1. The number of aromatic nitrogens is 4. The maximum absolute atomic E-state index is 6.06. The number of nitrogens with zero attached hydrogens (tertiary/aromatic N) is 5. The molecule has 1 saturated heterocycles. The Morgan fingerprint density at radius 2 is 2.07 bits per heavy atom. The second-order valence-corrected chi connectivity index (χ2v) is 6.63. The molecule has 0 saturated carbocycles. The summed E-state index contributed by atoms with van der Waals surface area (Å²) in [4.78, 5) is 11.0. The van der Waals surface area contributed by atoms with Crippen LogP contribution in [-0.2, 0) is 11.8 Å². The van der Waals surface area contributed by atoms with Crippen molar-refractivity contribution in [2.45, 2.75) is 6.42 Å². The highest BCUT2D eigenvalue weighted by molar-refractivity contribution is 5.96. The molecular weight excluding hydrogens is 358 g/mol. The summed E-state index contributed by atoms with van der Waals surface area (Å²) in [6.07, 6.45) is 2.67. The van der Waals surface area contributed by atoms with Crippen LogP contribution in [0.2, 0.25) is 0 Å². The Hall–Kier alpha value is -3.07. The molecule has 0 amide bonds. The lowest BCUT2D eigenvalue weighted by Crippen LogP contribution is -2.36. The van der Waals surface area contributed by atoms with Crippen LogP contribution in [0.3, 0.4) is 0 Å². The van der Waals surface area contributed by atoms with E-state index in [1.165, 1.54) is 0 Å². The first-order valence-electron chi connectivity index (χ1n) is 9.46. The van der Waals surface area contributed by atoms with Gasteiger partial charge in [-0.15, -0.1) is 5.10 Å². The highest BCUT2D eigenvalue weighted by Crippen LogP contribution is 2.31. The number of fused-ring (bicyclic) bond motifs is 1. The van der Waals surface area contributed by atoms with Gasteiger partial charge in [0, 0.05) is 43.7 Å². The van der Waals surface area contributed by atoms with Crippen molar-refractivity contribution in [2.24, 2.45) is 7.05 Å². The predicted molar refractivity (Wildman–Crippen MR) is 109 cm³/mol. The third kappa shape index (κ3) is 3.94. The van der Waals surface area contributed by atoms with Gasteiger partial charge in [-0.3, -0.25) is 0 Å². The van der Waals surface area contributed by atoms with Gasteiger partial charge < -0.3 is 25.4 Å². The molecule has 2 aromatic heterocycles. The van der Waals surface area contributed by atoms with Gasteiger partial charge in [-0.2, -0.15) is 4.98 Å². The number of hydrogen-bond acceptors (Lipinski definition) is 8. The fraction of sp³-hybridized carbons (Fsp3) is 0.421. The zero-order valence-electron chi connectivity index (χ0n) is 16.0. The Morgan fingerprint density at radius 3 is 2.86 bits per heavy atom. The monoisotopic (exact) mass is 383 g/mol. The number of aryl methyl sites for hydroxylation is 1. The number of morpholine rings is 1. The summed E-state index contributed by atoms with van der Waals surface area (Å²) in [5, 5.41) is 9.40. The van der Waals surface area contributed by atoms with Crippen molar-refractivity contribution >= 4 is 28.5 Å². The molecule has 0 spiro atoms. The highest BCUT2D eigenvalue weighted by atomic mass is 16.5. The second kappa shape index (κ2) is 8.30. The van der Waals surface area contributed by atoms with Crippen molar-refractivity contribution in [2.75, 3.05) is 55.4 Å². The van der Waals surface area contributed by atoms with Gasteiger partial charge in [0.05, 0.1) is 19.8 Å². The summed E-state index contributed by atoms with van der Waals surface area (Å²) < 4.78 is 13.1. The molecule has 3 N–H and O–H groups in total. The Labute approximate surface area is 163 Å². The highest BCUT2D eigenvalue weighted by Gasteiger charge is 2.16. The van der Waals surface area contributed by atoms with E-state index in [0.717, 1.165) is 61.6 Å². The number of anilines is 3. The molecule has 28 heavy (non-hydrogen) atoms. The largest absolute Gasteiger partial charge is 0.493 e. The SMILES string of the molecule is Cn1nc(N)nc1NCCCOc1cccc2c(N3CCOCC3)nccc12. The number of rotatable bonds is 7. The summed E-state index contributed by atoms with van der Waals surface area (Å²) in [7, 11) is 1.80. The Balaban J connectivity index is 1.39. The van der Waals surface area contributed by atoms with Crippen LogP contribution in [0.25, 0.3) is 10.8 Å². The molecule has 9 heteroatoms. The maximum atomic E-state index is 6.06. The van der Waals surface area contributed by atoms with E-state index >= 15 is 0 Å². The molecule has 9 nitrogen and oxygen atoms in total. The van der Waals surface area contributed by atoms with Gasteiger partial charge in [-0.05, 0) is 18.6 Å². The zero-order chi connectivity index (χ0) is 19.3. The predicted octanol–water partition coefficient (Wildman–Crippen LogP) is 1.66. The molecule has 1 fully saturated rings. The van der Waals surface area contributed by atoms with Crippen LogP contribution >= 0.6 is 0 Å². The van der Waals surface area contributed by atoms with Gasteiger partial charge in [0.2, 0.25) is 11.9 Å². The molecule has 4 rings (SSSR count). The minimum absolute atomic E-state index is 0.265. The normalized spacial score (nSPS) is 14.4. The molecule has 1 aliphatic heterocycles. The van der Waals surface area contributed by atoms with Crippen LogP contribution < -0.4 is 20.7 Å². The minimum Gasteiger partial charge on any atom is -0.493 e. The molecule has 0 atom stereocenters. The molecule has 3 aromatic rings. The first-order chi connectivity index (χ1) is 13.7. The first-order valence-corrected chi connectivity index (χ1v) is 9.46. The summed E-state index contributed by atoms with van der Waals surface area (Å²) >= 11 is 0. The van der Waals surface area contributed by atoms with Gasteiger partial charge >= 0.3 is 0 Å². The minimum atomic E-state index is 0.265. The molecule has 0 bridgehead atoms. The van der Waals surface area contributed by atoms with E-state index in [0.29, 0.717) is 12.6 Å². The smallest absolute Gasteiger partial charge is 0.241 e. The molecule has 0 unspecified atom stereocenters. The second-order valence-electron chi connectivity index (χ2n) is 6.63. The van der Waals surface area contributed by atoms with E-state index in [2.05, 4.69) is 31.3 Å². The van der Waals surface area contributed by atoms with Crippen molar-refractivity contribution in [1.29, 1.82) is 0 Å². The average molecular weight is 383 g/mol. The van der Waals surface area contributed by atoms with E-state index in [-0.39, 0.29) is 5.95 Å². The van der Waals surface area contributed by atoms with E-state index in [4.69, 9.17) is 15.2 Å². The molecule has 0 radical (unpaired) electrons. The lowest BCUT2D eigenvalue weighted by atomic mass is 10.1.